The molecular weight excluding hydrogens is 340 g/mol. The number of hydrogen-bond acceptors (Lipinski definition) is 4. The standard InChI is InChI=1S/C18H30N2O4S/c1-7-24-18(21)19-11-12-20(25(6,22)23)17-15(13(2)3)9-8-10-16(17)14(4)5/h8-10,13-14H,7,11-12H2,1-6H3,(H,19,21). The van der Waals surface area contributed by atoms with Gasteiger partial charge in [-0.25, -0.2) is 13.2 Å². The van der Waals surface area contributed by atoms with Crippen molar-refractivity contribution in [3.63, 3.8) is 0 Å². The molecule has 6 nitrogen and oxygen atoms in total. The van der Waals surface area contributed by atoms with Crippen LogP contribution in [0.2, 0.25) is 0 Å². The molecule has 0 bridgehead atoms. The number of para-hydroxylation sites is 1. The van der Waals surface area contributed by atoms with Crippen LogP contribution in [0.3, 0.4) is 0 Å². The summed E-state index contributed by atoms with van der Waals surface area (Å²) < 4.78 is 31.1. The summed E-state index contributed by atoms with van der Waals surface area (Å²) >= 11 is 0. The van der Waals surface area contributed by atoms with E-state index in [0.717, 1.165) is 16.8 Å². The Morgan fingerprint density at radius 2 is 1.68 bits per heavy atom. The SMILES string of the molecule is CCOC(=O)NCCN(c1c(C(C)C)cccc1C(C)C)S(C)(=O)=O. The van der Waals surface area contributed by atoms with Crippen LogP contribution in [0.1, 0.15) is 57.6 Å². The van der Waals surface area contributed by atoms with Crippen LogP contribution in [0.15, 0.2) is 18.2 Å². The Balaban J connectivity index is 3.26. The van der Waals surface area contributed by atoms with Gasteiger partial charge in [0.2, 0.25) is 10.0 Å². The number of nitrogens with one attached hydrogen (secondary N) is 1. The molecule has 0 saturated carbocycles. The molecule has 0 saturated heterocycles. The predicted molar refractivity (Wildman–Crippen MR) is 102 cm³/mol. The van der Waals surface area contributed by atoms with Crippen molar-refractivity contribution in [3.05, 3.63) is 29.3 Å². The molecule has 1 amide bonds. The molecule has 0 fully saturated rings. The van der Waals surface area contributed by atoms with Gasteiger partial charge in [-0.1, -0.05) is 45.9 Å². The third kappa shape index (κ3) is 5.92. The van der Waals surface area contributed by atoms with Crippen molar-refractivity contribution in [2.75, 3.05) is 30.3 Å². The summed E-state index contributed by atoms with van der Waals surface area (Å²) in [6, 6.07) is 5.89. The van der Waals surface area contributed by atoms with E-state index in [1.54, 1.807) is 6.92 Å². The average Bonchev–Trinajstić information content (AvgIpc) is 2.49. The van der Waals surface area contributed by atoms with Crippen LogP contribution < -0.4 is 9.62 Å². The molecule has 0 aromatic heterocycles. The van der Waals surface area contributed by atoms with E-state index < -0.39 is 16.1 Å². The van der Waals surface area contributed by atoms with Crippen LogP contribution in [-0.2, 0) is 14.8 Å². The maximum absolute atomic E-state index is 12.5. The number of sulfonamides is 1. The van der Waals surface area contributed by atoms with Crippen molar-refractivity contribution >= 4 is 21.8 Å². The van der Waals surface area contributed by atoms with Crippen LogP contribution in [0.25, 0.3) is 0 Å². The Morgan fingerprint density at radius 1 is 1.16 bits per heavy atom. The molecule has 0 heterocycles. The van der Waals surface area contributed by atoms with Crippen molar-refractivity contribution in [2.24, 2.45) is 0 Å². The Morgan fingerprint density at radius 3 is 2.08 bits per heavy atom. The summed E-state index contributed by atoms with van der Waals surface area (Å²) in [5, 5.41) is 2.59. The highest BCUT2D eigenvalue weighted by Crippen LogP contribution is 2.36. The molecule has 0 atom stereocenters. The van der Waals surface area contributed by atoms with Crippen molar-refractivity contribution in [3.8, 4) is 0 Å². The third-order valence-corrected chi connectivity index (χ3v) is 5.02. The maximum Gasteiger partial charge on any atom is 0.407 e. The van der Waals surface area contributed by atoms with E-state index in [0.29, 0.717) is 0 Å². The first-order chi connectivity index (χ1) is 11.6. The lowest BCUT2D eigenvalue weighted by Gasteiger charge is -2.30. The monoisotopic (exact) mass is 370 g/mol. The molecule has 0 aliphatic carbocycles. The van der Waals surface area contributed by atoms with Gasteiger partial charge >= 0.3 is 6.09 Å². The number of amides is 1. The summed E-state index contributed by atoms with van der Waals surface area (Å²) in [7, 11) is -3.50. The van der Waals surface area contributed by atoms with E-state index in [1.807, 2.05) is 45.9 Å². The summed E-state index contributed by atoms with van der Waals surface area (Å²) in [5.41, 5.74) is 2.68. The zero-order chi connectivity index (χ0) is 19.2. The Labute approximate surface area is 151 Å². The molecule has 25 heavy (non-hydrogen) atoms. The molecule has 0 spiro atoms. The molecule has 1 N–H and O–H groups in total. The fourth-order valence-corrected chi connectivity index (χ4v) is 3.65. The van der Waals surface area contributed by atoms with Crippen molar-refractivity contribution in [2.45, 2.75) is 46.5 Å². The van der Waals surface area contributed by atoms with Gasteiger partial charge in [0.15, 0.2) is 0 Å². The summed E-state index contributed by atoms with van der Waals surface area (Å²) in [5.74, 6) is 0.354. The van der Waals surface area contributed by atoms with Gasteiger partial charge in [-0.15, -0.1) is 0 Å². The van der Waals surface area contributed by atoms with Crippen LogP contribution >= 0.6 is 0 Å². The fourth-order valence-electron chi connectivity index (χ4n) is 2.68. The van der Waals surface area contributed by atoms with Crippen LogP contribution in [0.5, 0.6) is 0 Å². The van der Waals surface area contributed by atoms with E-state index in [1.165, 1.54) is 10.6 Å². The Kier molecular flexibility index (Phi) is 7.73. The van der Waals surface area contributed by atoms with E-state index >= 15 is 0 Å². The highest BCUT2D eigenvalue weighted by atomic mass is 32.2. The van der Waals surface area contributed by atoms with Crippen LogP contribution in [0, 0.1) is 0 Å². The minimum absolute atomic E-state index is 0.154. The average molecular weight is 371 g/mol. The molecule has 1 aromatic carbocycles. The van der Waals surface area contributed by atoms with Gasteiger partial charge in [0, 0.05) is 6.54 Å². The summed E-state index contributed by atoms with van der Waals surface area (Å²) in [4.78, 5) is 11.5. The highest BCUT2D eigenvalue weighted by molar-refractivity contribution is 7.92. The second kappa shape index (κ2) is 9.08. The number of alkyl carbamates (subject to hydrolysis) is 1. The van der Waals surface area contributed by atoms with E-state index in [2.05, 4.69) is 5.32 Å². The number of carbonyl (C=O) groups excluding carboxylic acids is 1. The third-order valence-electron chi connectivity index (χ3n) is 3.85. The number of anilines is 1. The molecule has 1 rings (SSSR count). The normalized spacial score (nSPS) is 11.7. The second-order valence-electron chi connectivity index (χ2n) is 6.58. The maximum atomic E-state index is 12.5. The molecule has 7 heteroatoms. The first kappa shape index (κ1) is 21.3. The number of rotatable bonds is 8. The van der Waals surface area contributed by atoms with Crippen molar-refractivity contribution in [1.29, 1.82) is 0 Å². The molecule has 0 radical (unpaired) electrons. The predicted octanol–water partition coefficient (Wildman–Crippen LogP) is 3.45. The largest absolute Gasteiger partial charge is 0.450 e. The number of ether oxygens (including phenoxy) is 1. The minimum atomic E-state index is -3.50. The summed E-state index contributed by atoms with van der Waals surface area (Å²) in [6.45, 7) is 10.5. The minimum Gasteiger partial charge on any atom is -0.450 e. The molecule has 1 aromatic rings. The van der Waals surface area contributed by atoms with Crippen molar-refractivity contribution < 1.29 is 17.9 Å². The first-order valence-electron chi connectivity index (χ1n) is 8.60. The first-order valence-corrected chi connectivity index (χ1v) is 10.5. The quantitative estimate of drug-likeness (QED) is 0.760. The van der Waals surface area contributed by atoms with Gasteiger partial charge in [0.05, 0.1) is 25.1 Å². The Bertz CT molecular complexity index is 658. The summed E-state index contributed by atoms with van der Waals surface area (Å²) in [6.07, 6.45) is 0.649. The van der Waals surface area contributed by atoms with Gasteiger partial charge < -0.3 is 10.1 Å². The van der Waals surface area contributed by atoms with E-state index in [4.69, 9.17) is 4.74 Å². The van der Waals surface area contributed by atoms with E-state index in [-0.39, 0.29) is 31.5 Å². The molecule has 0 aliphatic heterocycles. The van der Waals surface area contributed by atoms with E-state index in [9.17, 15) is 13.2 Å². The zero-order valence-corrected chi connectivity index (χ0v) is 16.8. The molecular formula is C18H30N2O4S. The molecule has 142 valence electrons. The van der Waals surface area contributed by atoms with Gasteiger partial charge in [-0.2, -0.15) is 0 Å². The van der Waals surface area contributed by atoms with Gasteiger partial charge in [-0.3, -0.25) is 4.31 Å². The van der Waals surface area contributed by atoms with Gasteiger partial charge in [0.25, 0.3) is 0 Å². The van der Waals surface area contributed by atoms with Crippen LogP contribution in [0.4, 0.5) is 10.5 Å². The smallest absolute Gasteiger partial charge is 0.407 e. The molecule has 0 unspecified atom stereocenters. The highest BCUT2D eigenvalue weighted by Gasteiger charge is 2.25. The lowest BCUT2D eigenvalue weighted by Crippen LogP contribution is -2.39. The second-order valence-corrected chi connectivity index (χ2v) is 8.48. The van der Waals surface area contributed by atoms with Crippen LogP contribution in [-0.4, -0.2) is 40.5 Å². The zero-order valence-electron chi connectivity index (χ0n) is 16.0. The number of carbonyl (C=O) groups is 1. The van der Waals surface area contributed by atoms with Crippen molar-refractivity contribution in [1.82, 2.24) is 5.32 Å². The number of benzene rings is 1. The number of hydrogen-bond donors (Lipinski definition) is 1. The number of nitrogens with zero attached hydrogens (tertiary/aromatic N) is 1. The Hall–Kier alpha value is -1.76. The lowest BCUT2D eigenvalue weighted by atomic mass is 9.92. The lowest BCUT2D eigenvalue weighted by molar-refractivity contribution is 0.152. The molecule has 0 aliphatic rings. The topological polar surface area (TPSA) is 75.7 Å². The van der Waals surface area contributed by atoms with Gasteiger partial charge in [-0.05, 0) is 29.9 Å². The van der Waals surface area contributed by atoms with Gasteiger partial charge in [0.1, 0.15) is 0 Å². The fraction of sp³-hybridized carbons (Fsp3) is 0.611.